The fraction of sp³-hybridized carbons (Fsp3) is 0.346. The van der Waals surface area contributed by atoms with E-state index in [9.17, 15) is 19.5 Å². The van der Waals surface area contributed by atoms with Crippen LogP contribution in [0, 0.1) is 0 Å². The lowest BCUT2D eigenvalue weighted by Gasteiger charge is -2.25. The summed E-state index contributed by atoms with van der Waals surface area (Å²) < 4.78 is 11.0. The number of hydrogen-bond donors (Lipinski definition) is 2. The van der Waals surface area contributed by atoms with Crippen molar-refractivity contribution >= 4 is 18.0 Å². The van der Waals surface area contributed by atoms with E-state index in [2.05, 4.69) is 29.6 Å². The van der Waals surface area contributed by atoms with E-state index in [1.54, 1.807) is 0 Å². The molecule has 176 valence electrons. The van der Waals surface area contributed by atoms with Gasteiger partial charge in [0.05, 0.1) is 12.1 Å². The van der Waals surface area contributed by atoms with Gasteiger partial charge in [0.1, 0.15) is 12.6 Å². The molecule has 2 N–H and O–H groups in total. The Kier molecular flexibility index (Phi) is 6.06. The van der Waals surface area contributed by atoms with E-state index < -0.39 is 18.1 Å². The van der Waals surface area contributed by atoms with Gasteiger partial charge in [0.25, 0.3) is 0 Å². The molecule has 2 aromatic rings. The Morgan fingerprint density at radius 3 is 2.44 bits per heavy atom. The molecule has 34 heavy (non-hydrogen) atoms. The molecular weight excluding hydrogens is 436 g/mol. The van der Waals surface area contributed by atoms with Gasteiger partial charge in [-0.2, -0.15) is 0 Å². The average molecular weight is 463 g/mol. The Bertz CT molecular complexity index is 1100. The van der Waals surface area contributed by atoms with Crippen molar-refractivity contribution in [1.82, 2.24) is 10.2 Å². The summed E-state index contributed by atoms with van der Waals surface area (Å²) in [7, 11) is 0. The first-order chi connectivity index (χ1) is 16.5. The number of carboxylic acids is 1. The number of aliphatic carboxylic acids is 1. The number of fused-ring (bicyclic) bond motifs is 4. The van der Waals surface area contributed by atoms with Crippen LogP contribution in [0.3, 0.4) is 0 Å². The second-order valence-electron chi connectivity index (χ2n) is 8.71. The molecule has 1 aliphatic carbocycles. The van der Waals surface area contributed by atoms with Gasteiger partial charge in [-0.25, -0.2) is 9.59 Å². The third-order valence-corrected chi connectivity index (χ3v) is 6.83. The summed E-state index contributed by atoms with van der Waals surface area (Å²) in [5.74, 6) is -1.45. The molecule has 2 saturated heterocycles. The average Bonchev–Trinajstić information content (AvgIpc) is 3.52. The minimum Gasteiger partial charge on any atom is -0.480 e. The first-order valence-corrected chi connectivity index (χ1v) is 11.5. The van der Waals surface area contributed by atoms with Gasteiger partial charge >= 0.3 is 12.1 Å². The van der Waals surface area contributed by atoms with Crippen molar-refractivity contribution in [3.63, 3.8) is 0 Å². The van der Waals surface area contributed by atoms with Crippen LogP contribution < -0.4 is 5.32 Å². The molecule has 0 aromatic heterocycles. The van der Waals surface area contributed by atoms with Gasteiger partial charge < -0.3 is 24.8 Å². The molecule has 5 rings (SSSR count). The number of hydrogen-bond acceptors (Lipinski definition) is 5. The normalized spacial score (nSPS) is 22.9. The van der Waals surface area contributed by atoms with Crippen molar-refractivity contribution in [2.24, 2.45) is 0 Å². The second-order valence-corrected chi connectivity index (χ2v) is 8.71. The van der Waals surface area contributed by atoms with Gasteiger partial charge in [-0.3, -0.25) is 4.79 Å². The second kappa shape index (κ2) is 9.30. The molecular formula is C26H26N2O6. The van der Waals surface area contributed by atoms with Crippen molar-refractivity contribution in [2.45, 2.75) is 36.9 Å². The predicted molar refractivity (Wildman–Crippen MR) is 123 cm³/mol. The molecule has 3 atom stereocenters. The third kappa shape index (κ3) is 4.05. The number of rotatable bonds is 6. The van der Waals surface area contributed by atoms with Crippen molar-refractivity contribution in [1.29, 1.82) is 0 Å². The maximum atomic E-state index is 12.7. The number of alkyl carbamates (subject to hydrolysis) is 1. The van der Waals surface area contributed by atoms with Crippen molar-refractivity contribution < 1.29 is 29.0 Å². The molecule has 0 radical (unpaired) electrons. The highest BCUT2D eigenvalue weighted by Gasteiger charge is 2.49. The maximum Gasteiger partial charge on any atom is 0.407 e. The number of ether oxygens (including phenoxy) is 2. The highest BCUT2D eigenvalue weighted by Crippen LogP contribution is 2.44. The monoisotopic (exact) mass is 462 g/mol. The molecule has 0 saturated carbocycles. The van der Waals surface area contributed by atoms with E-state index in [1.807, 2.05) is 24.3 Å². The number of likely N-dealkylation sites (tertiary alicyclic amines) is 1. The van der Waals surface area contributed by atoms with Crippen LogP contribution in [0.4, 0.5) is 4.79 Å². The summed E-state index contributed by atoms with van der Waals surface area (Å²) in [6.45, 7) is 0.830. The summed E-state index contributed by atoms with van der Waals surface area (Å²) >= 11 is 0. The van der Waals surface area contributed by atoms with Crippen LogP contribution in [0.1, 0.15) is 29.9 Å². The van der Waals surface area contributed by atoms with Gasteiger partial charge in [0.15, 0.2) is 0 Å². The van der Waals surface area contributed by atoms with E-state index in [-0.39, 0.29) is 37.1 Å². The van der Waals surface area contributed by atoms with Crippen LogP contribution in [0.2, 0.25) is 0 Å². The van der Waals surface area contributed by atoms with Crippen LogP contribution in [0.15, 0.2) is 60.7 Å². The van der Waals surface area contributed by atoms with E-state index in [0.29, 0.717) is 19.4 Å². The maximum absolute atomic E-state index is 12.7. The van der Waals surface area contributed by atoms with Crippen molar-refractivity contribution in [2.75, 3.05) is 19.8 Å². The molecule has 2 fully saturated rings. The summed E-state index contributed by atoms with van der Waals surface area (Å²) in [6, 6.07) is 15.1. The van der Waals surface area contributed by atoms with E-state index in [4.69, 9.17) is 9.47 Å². The zero-order valence-corrected chi connectivity index (χ0v) is 18.6. The van der Waals surface area contributed by atoms with Crippen LogP contribution >= 0.6 is 0 Å². The number of carboxylic acid groups (broad SMARTS) is 1. The standard InChI is InChI=1S/C26H26N2O6/c29-24(28-21-11-13-33-23(21)14-22(28)25(30)31)10-5-12-27-26(32)34-15-20-18-8-3-1-6-16(18)17-7-2-4-9-19(17)20/h1-10,20-23H,11-15H2,(H,27,32)(H,30,31)/b10-5+/t21-,22?,23-/m0/s1. The van der Waals surface area contributed by atoms with Gasteiger partial charge in [-0.05, 0) is 28.7 Å². The van der Waals surface area contributed by atoms with Crippen molar-refractivity contribution in [3.8, 4) is 11.1 Å². The molecule has 2 aliphatic heterocycles. The zero-order valence-electron chi connectivity index (χ0n) is 18.6. The Balaban J connectivity index is 1.14. The fourth-order valence-electron chi connectivity index (χ4n) is 5.32. The van der Waals surface area contributed by atoms with E-state index >= 15 is 0 Å². The van der Waals surface area contributed by atoms with Crippen LogP contribution in [-0.2, 0) is 19.1 Å². The molecule has 0 spiro atoms. The smallest absolute Gasteiger partial charge is 0.407 e. The first kappa shape index (κ1) is 22.2. The minimum atomic E-state index is -1.03. The molecule has 8 heteroatoms. The number of carbonyl (C=O) groups is 3. The Labute approximate surface area is 197 Å². The number of amides is 2. The summed E-state index contributed by atoms with van der Waals surface area (Å²) in [5, 5.41) is 12.1. The quantitative estimate of drug-likeness (QED) is 0.640. The van der Waals surface area contributed by atoms with Gasteiger partial charge in [-0.1, -0.05) is 54.6 Å². The molecule has 1 unspecified atom stereocenters. The molecule has 2 amide bonds. The molecule has 8 nitrogen and oxygen atoms in total. The van der Waals surface area contributed by atoms with Gasteiger partial charge in [0.2, 0.25) is 5.91 Å². The molecule has 3 aliphatic rings. The lowest BCUT2D eigenvalue weighted by Crippen LogP contribution is -2.44. The fourth-order valence-corrected chi connectivity index (χ4v) is 5.32. The Morgan fingerprint density at radius 2 is 1.76 bits per heavy atom. The lowest BCUT2D eigenvalue weighted by atomic mass is 9.98. The zero-order chi connectivity index (χ0) is 23.7. The Hall–Kier alpha value is -3.65. The molecule has 2 aromatic carbocycles. The number of benzene rings is 2. The van der Waals surface area contributed by atoms with Crippen LogP contribution in [-0.4, -0.2) is 65.9 Å². The highest BCUT2D eigenvalue weighted by atomic mass is 16.5. The first-order valence-electron chi connectivity index (χ1n) is 11.5. The van der Waals surface area contributed by atoms with Crippen LogP contribution in [0.25, 0.3) is 11.1 Å². The SMILES string of the molecule is O=C(NC/C=C/C(=O)N1C(C(=O)O)C[C@@H]2OCC[C@@H]21)OCC1c2ccccc2-c2ccccc21. The summed E-state index contributed by atoms with van der Waals surface area (Å²) in [6.07, 6.45) is 2.95. The molecule has 2 heterocycles. The predicted octanol–water partition coefficient (Wildman–Crippen LogP) is 2.92. The van der Waals surface area contributed by atoms with Gasteiger partial charge in [0, 0.05) is 31.6 Å². The number of nitrogens with one attached hydrogen (secondary N) is 1. The topological polar surface area (TPSA) is 105 Å². The third-order valence-electron chi connectivity index (χ3n) is 6.83. The minimum absolute atomic E-state index is 0.0278. The molecule has 0 bridgehead atoms. The summed E-state index contributed by atoms with van der Waals surface area (Å²) in [4.78, 5) is 37.9. The Morgan fingerprint density at radius 1 is 1.09 bits per heavy atom. The number of nitrogens with zero attached hydrogens (tertiary/aromatic N) is 1. The largest absolute Gasteiger partial charge is 0.480 e. The summed E-state index contributed by atoms with van der Waals surface area (Å²) in [5.41, 5.74) is 4.58. The van der Waals surface area contributed by atoms with Gasteiger partial charge in [-0.15, -0.1) is 0 Å². The van der Waals surface area contributed by atoms with Crippen molar-refractivity contribution in [3.05, 3.63) is 71.8 Å². The lowest BCUT2D eigenvalue weighted by molar-refractivity contribution is -0.147. The highest BCUT2D eigenvalue weighted by molar-refractivity contribution is 5.92. The van der Waals surface area contributed by atoms with Crippen LogP contribution in [0.5, 0.6) is 0 Å². The van der Waals surface area contributed by atoms with E-state index in [0.717, 1.165) is 22.3 Å². The van der Waals surface area contributed by atoms with E-state index in [1.165, 1.54) is 17.1 Å². The number of carbonyl (C=O) groups excluding carboxylic acids is 2.